The van der Waals surface area contributed by atoms with Crippen molar-refractivity contribution in [3.8, 4) is 0 Å². The Labute approximate surface area is 221 Å². The second-order valence-corrected chi connectivity index (χ2v) is 10.3. The molecule has 0 aromatic rings. The number of amides is 1. The van der Waals surface area contributed by atoms with E-state index < -0.39 is 91.9 Å². The van der Waals surface area contributed by atoms with Gasteiger partial charge in [-0.3, -0.25) is 4.79 Å². The van der Waals surface area contributed by atoms with Crippen molar-refractivity contribution in [2.45, 2.75) is 111 Å². The molecule has 38 heavy (non-hydrogen) atoms. The molecule has 1 amide bonds. The molecule has 17 N–H and O–H groups in total. The number of hydrogen-bond acceptors (Lipinski definition) is 15. The first-order chi connectivity index (χ1) is 18.0. The summed E-state index contributed by atoms with van der Waals surface area (Å²) in [5.74, 6) is -0.731. The van der Waals surface area contributed by atoms with Gasteiger partial charge < -0.3 is 79.1 Å². The fraction of sp³-hybridized carbons (Fsp3) is 0.955. The number of aliphatic hydroxyl groups excluding tert-OH is 4. The van der Waals surface area contributed by atoms with Crippen molar-refractivity contribution < 1.29 is 44.2 Å². The summed E-state index contributed by atoms with van der Waals surface area (Å²) in [7, 11) is 0. The number of hydrogen-bond donors (Lipinski definition) is 11. The molecule has 2 saturated heterocycles. The van der Waals surface area contributed by atoms with Crippen LogP contribution in [0.15, 0.2) is 0 Å². The van der Waals surface area contributed by atoms with Gasteiger partial charge in [-0.05, 0) is 32.2 Å². The molecule has 0 unspecified atom stereocenters. The highest BCUT2D eigenvalue weighted by Crippen LogP contribution is 2.31. The first kappa shape index (κ1) is 31.4. The molecule has 2 aliphatic heterocycles. The van der Waals surface area contributed by atoms with Crippen LogP contribution in [0.3, 0.4) is 0 Å². The summed E-state index contributed by atoms with van der Waals surface area (Å²) in [6.45, 7) is -0.210. The van der Waals surface area contributed by atoms with Crippen molar-refractivity contribution in [3.63, 3.8) is 0 Å². The number of nitrogens with two attached hydrogens (primary N) is 6. The van der Waals surface area contributed by atoms with Gasteiger partial charge in [0.15, 0.2) is 12.6 Å². The monoisotopic (exact) mass is 551 g/mol. The first-order valence-electron chi connectivity index (χ1n) is 13.0. The Morgan fingerprint density at radius 2 is 1.63 bits per heavy atom. The van der Waals surface area contributed by atoms with Gasteiger partial charge in [-0.2, -0.15) is 0 Å². The standard InChI is InChI=1S/C22H45N7O9/c23-4-3-12(31)20(34)29-11-5-10(26)18(37-21-9(25)2-1-8(6-24)35-21)17(33)19(11)38-22-15(28)14(27)16(32)13(7-30)36-22/h8-19,21-22,30-33H,1-7,23-28H2,(H,29,34)/t8-,9+,10-,11+,12-,13+,14+,15+,16+,17-,18+,19-,21+,22+/m0/s1. The summed E-state index contributed by atoms with van der Waals surface area (Å²) in [5, 5.41) is 44.0. The lowest BCUT2D eigenvalue weighted by Crippen LogP contribution is -2.70. The molecule has 0 aromatic heterocycles. The second kappa shape index (κ2) is 14.0. The van der Waals surface area contributed by atoms with E-state index in [-0.39, 0.29) is 32.0 Å². The van der Waals surface area contributed by atoms with Gasteiger partial charge in [-0.15, -0.1) is 0 Å². The summed E-state index contributed by atoms with van der Waals surface area (Å²) >= 11 is 0. The zero-order valence-electron chi connectivity index (χ0n) is 21.3. The maximum absolute atomic E-state index is 12.6. The van der Waals surface area contributed by atoms with Crippen LogP contribution in [0.2, 0.25) is 0 Å². The average Bonchev–Trinajstić information content (AvgIpc) is 2.89. The Kier molecular flexibility index (Phi) is 11.6. The number of rotatable bonds is 10. The van der Waals surface area contributed by atoms with Crippen molar-refractivity contribution in [1.82, 2.24) is 5.32 Å². The normalized spacial score (nSPS) is 44.9. The molecular formula is C22H45N7O9. The van der Waals surface area contributed by atoms with Crippen molar-refractivity contribution in [1.29, 1.82) is 0 Å². The predicted octanol–water partition coefficient (Wildman–Crippen LogP) is -6.43. The van der Waals surface area contributed by atoms with E-state index >= 15 is 0 Å². The molecule has 0 radical (unpaired) electrons. The molecule has 1 saturated carbocycles. The maximum atomic E-state index is 12.6. The Morgan fingerprint density at radius 1 is 0.947 bits per heavy atom. The first-order valence-corrected chi connectivity index (χ1v) is 13.0. The highest BCUT2D eigenvalue weighted by Gasteiger charge is 2.50. The highest BCUT2D eigenvalue weighted by molar-refractivity contribution is 5.80. The van der Waals surface area contributed by atoms with Crippen molar-refractivity contribution >= 4 is 5.91 Å². The van der Waals surface area contributed by atoms with Crippen LogP contribution in [-0.4, -0.2) is 132 Å². The van der Waals surface area contributed by atoms with Crippen molar-refractivity contribution in [2.75, 3.05) is 19.7 Å². The minimum Gasteiger partial charge on any atom is -0.394 e. The summed E-state index contributed by atoms with van der Waals surface area (Å²) < 4.78 is 23.6. The van der Waals surface area contributed by atoms with E-state index in [1.807, 2.05) is 0 Å². The van der Waals surface area contributed by atoms with E-state index in [0.717, 1.165) is 0 Å². The van der Waals surface area contributed by atoms with E-state index in [0.29, 0.717) is 12.8 Å². The van der Waals surface area contributed by atoms with E-state index in [1.54, 1.807) is 0 Å². The van der Waals surface area contributed by atoms with Crippen LogP contribution in [0.25, 0.3) is 0 Å². The number of carbonyl (C=O) groups is 1. The molecule has 0 spiro atoms. The Morgan fingerprint density at radius 3 is 2.26 bits per heavy atom. The van der Waals surface area contributed by atoms with Gasteiger partial charge in [0.1, 0.15) is 30.5 Å². The zero-order chi connectivity index (χ0) is 28.1. The Balaban J connectivity index is 1.82. The van der Waals surface area contributed by atoms with Crippen LogP contribution in [0, 0.1) is 0 Å². The molecular weight excluding hydrogens is 506 g/mol. The quantitative estimate of drug-likeness (QED) is 0.120. The Hall–Kier alpha value is -1.09. The molecule has 0 bridgehead atoms. The molecule has 1 aliphatic carbocycles. The number of aliphatic hydroxyl groups is 4. The summed E-state index contributed by atoms with van der Waals surface area (Å²) in [5.41, 5.74) is 35.9. The van der Waals surface area contributed by atoms with E-state index in [2.05, 4.69) is 5.32 Å². The summed E-state index contributed by atoms with van der Waals surface area (Å²) in [6, 6.07) is -4.26. The summed E-state index contributed by atoms with van der Waals surface area (Å²) in [4.78, 5) is 12.6. The molecule has 16 nitrogen and oxygen atoms in total. The van der Waals surface area contributed by atoms with Crippen LogP contribution in [0.5, 0.6) is 0 Å². The second-order valence-electron chi connectivity index (χ2n) is 10.3. The Bertz CT molecular complexity index is 756. The van der Waals surface area contributed by atoms with Gasteiger partial charge in [0.25, 0.3) is 0 Å². The van der Waals surface area contributed by atoms with Crippen molar-refractivity contribution in [3.05, 3.63) is 0 Å². The fourth-order valence-corrected chi connectivity index (χ4v) is 5.07. The SMILES string of the molecule is NCC[C@H](O)C(=O)N[C@@H]1C[C@H](N)[C@@H](O[C@H]2O[C@H](CN)CC[C@H]2N)[C@H](O)[C@H]1O[C@H]1O[C@H](CO)[C@@H](O)[C@H](N)[C@H]1N. The smallest absolute Gasteiger partial charge is 0.249 e. The van der Waals surface area contributed by atoms with Crippen LogP contribution in [0.4, 0.5) is 0 Å². The van der Waals surface area contributed by atoms with Gasteiger partial charge >= 0.3 is 0 Å². The van der Waals surface area contributed by atoms with E-state index in [1.165, 1.54) is 0 Å². The minimum absolute atomic E-state index is 0.0190. The third-order valence-corrected chi connectivity index (χ3v) is 7.45. The molecule has 16 heteroatoms. The van der Waals surface area contributed by atoms with Crippen LogP contribution < -0.4 is 39.7 Å². The average molecular weight is 552 g/mol. The van der Waals surface area contributed by atoms with Gasteiger partial charge in [0.05, 0.1) is 43.0 Å². The van der Waals surface area contributed by atoms with Gasteiger partial charge in [0, 0.05) is 12.6 Å². The maximum Gasteiger partial charge on any atom is 0.249 e. The van der Waals surface area contributed by atoms with Gasteiger partial charge in [-0.1, -0.05) is 0 Å². The minimum atomic E-state index is -1.45. The molecule has 14 atom stereocenters. The molecule has 2 heterocycles. The molecule has 3 fully saturated rings. The fourth-order valence-electron chi connectivity index (χ4n) is 5.07. The number of ether oxygens (including phenoxy) is 4. The van der Waals surface area contributed by atoms with Crippen LogP contribution >= 0.6 is 0 Å². The van der Waals surface area contributed by atoms with Crippen molar-refractivity contribution in [2.24, 2.45) is 34.4 Å². The van der Waals surface area contributed by atoms with Gasteiger partial charge in [-0.25, -0.2) is 0 Å². The third-order valence-electron chi connectivity index (χ3n) is 7.45. The molecule has 3 rings (SSSR count). The van der Waals surface area contributed by atoms with Gasteiger partial charge in [0.2, 0.25) is 5.91 Å². The van der Waals surface area contributed by atoms with E-state index in [4.69, 9.17) is 53.3 Å². The van der Waals surface area contributed by atoms with Crippen LogP contribution in [0.1, 0.15) is 25.7 Å². The number of nitrogens with one attached hydrogen (secondary N) is 1. The molecule has 222 valence electrons. The molecule has 3 aliphatic rings. The zero-order valence-corrected chi connectivity index (χ0v) is 21.3. The van der Waals surface area contributed by atoms with E-state index in [9.17, 15) is 25.2 Å². The lowest BCUT2D eigenvalue weighted by molar-refractivity contribution is -0.294. The summed E-state index contributed by atoms with van der Waals surface area (Å²) in [6.07, 6.45) is -8.52. The topological polar surface area (TPSA) is 303 Å². The molecule has 0 aromatic carbocycles. The van der Waals surface area contributed by atoms with Crippen LogP contribution in [-0.2, 0) is 23.7 Å². The highest BCUT2D eigenvalue weighted by atomic mass is 16.7. The lowest BCUT2D eigenvalue weighted by atomic mass is 9.83. The lowest BCUT2D eigenvalue weighted by Gasteiger charge is -2.48. The third kappa shape index (κ3) is 7.15. The number of carbonyl (C=O) groups excluding carboxylic acids is 1. The predicted molar refractivity (Wildman–Crippen MR) is 133 cm³/mol. The largest absolute Gasteiger partial charge is 0.394 e.